The lowest BCUT2D eigenvalue weighted by Crippen LogP contribution is -2.02. The van der Waals surface area contributed by atoms with Crippen LogP contribution < -0.4 is 0 Å². The maximum Gasteiger partial charge on any atom is 0.333 e. The minimum absolute atomic E-state index is 0.340. The van der Waals surface area contributed by atoms with E-state index in [1.165, 1.54) is 16.9 Å². The molecule has 3 rings (SSSR count). The summed E-state index contributed by atoms with van der Waals surface area (Å²) >= 11 is 5.86. The van der Waals surface area contributed by atoms with Crippen LogP contribution in [0.2, 0.25) is 5.02 Å². The maximum atomic E-state index is 12.4. The van der Waals surface area contributed by atoms with Crippen molar-refractivity contribution >= 4 is 22.5 Å². The van der Waals surface area contributed by atoms with E-state index < -0.39 is 6.55 Å². The van der Waals surface area contributed by atoms with Crippen LogP contribution in [-0.4, -0.2) is 19.6 Å². The SMILES string of the molecule is FC(F)n1ccc(-n2ncc3cc(Cl)ccc32)n1. The van der Waals surface area contributed by atoms with Crippen molar-refractivity contribution in [3.8, 4) is 5.82 Å². The first-order chi connectivity index (χ1) is 8.65. The molecule has 0 spiro atoms. The molecule has 0 aliphatic heterocycles. The maximum absolute atomic E-state index is 12.4. The number of hydrogen-bond acceptors (Lipinski definition) is 2. The summed E-state index contributed by atoms with van der Waals surface area (Å²) in [5, 5.41) is 9.30. The normalized spacial score (nSPS) is 11.6. The number of aromatic nitrogens is 4. The lowest BCUT2D eigenvalue weighted by atomic mass is 10.2. The zero-order valence-corrected chi connectivity index (χ0v) is 9.72. The summed E-state index contributed by atoms with van der Waals surface area (Å²) in [5.41, 5.74) is 0.763. The molecule has 0 unspecified atom stereocenters. The van der Waals surface area contributed by atoms with E-state index in [1.807, 2.05) is 0 Å². The van der Waals surface area contributed by atoms with E-state index in [0.29, 0.717) is 15.5 Å². The Morgan fingerprint density at radius 1 is 1.22 bits per heavy atom. The van der Waals surface area contributed by atoms with Gasteiger partial charge in [-0.2, -0.15) is 13.9 Å². The molecule has 0 bridgehead atoms. The van der Waals surface area contributed by atoms with Crippen molar-refractivity contribution in [2.45, 2.75) is 6.55 Å². The molecule has 0 atom stereocenters. The Morgan fingerprint density at radius 3 is 2.78 bits per heavy atom. The Hall–Kier alpha value is -1.95. The van der Waals surface area contributed by atoms with Crippen LogP contribution in [-0.2, 0) is 0 Å². The van der Waals surface area contributed by atoms with Crippen LogP contribution in [0.1, 0.15) is 6.55 Å². The van der Waals surface area contributed by atoms with Crippen molar-refractivity contribution in [2.75, 3.05) is 0 Å². The van der Waals surface area contributed by atoms with Gasteiger partial charge in [-0.15, -0.1) is 5.10 Å². The highest BCUT2D eigenvalue weighted by Crippen LogP contribution is 2.21. The van der Waals surface area contributed by atoms with Crippen LogP contribution >= 0.6 is 11.6 Å². The van der Waals surface area contributed by atoms with Crippen LogP contribution in [0.5, 0.6) is 0 Å². The van der Waals surface area contributed by atoms with Gasteiger partial charge in [-0.25, -0.2) is 9.36 Å². The number of benzene rings is 1. The Balaban J connectivity index is 2.13. The molecule has 7 heteroatoms. The quantitative estimate of drug-likeness (QED) is 0.715. The average Bonchev–Trinajstić information content (AvgIpc) is 2.92. The fourth-order valence-corrected chi connectivity index (χ4v) is 1.92. The van der Waals surface area contributed by atoms with Crippen molar-refractivity contribution in [2.24, 2.45) is 0 Å². The van der Waals surface area contributed by atoms with Gasteiger partial charge in [0.15, 0.2) is 5.82 Å². The molecule has 4 nitrogen and oxygen atoms in total. The number of hydrogen-bond donors (Lipinski definition) is 0. The molecule has 0 radical (unpaired) electrons. The van der Waals surface area contributed by atoms with Crippen LogP contribution in [0.25, 0.3) is 16.7 Å². The molecule has 2 aromatic heterocycles. The third-order valence-electron chi connectivity index (χ3n) is 2.54. The molecule has 92 valence electrons. The second-order valence-corrected chi connectivity index (χ2v) is 4.13. The van der Waals surface area contributed by atoms with Gasteiger partial charge in [0.2, 0.25) is 0 Å². The predicted octanol–water partition coefficient (Wildman–Crippen LogP) is 3.27. The fourth-order valence-electron chi connectivity index (χ4n) is 1.74. The standard InChI is InChI=1S/C11H7ClF2N4/c12-8-1-2-9-7(5-8)6-15-18(9)10-3-4-17(16-10)11(13)14/h1-6,11H. The smallest absolute Gasteiger partial charge is 0.213 e. The first kappa shape index (κ1) is 11.2. The summed E-state index contributed by atoms with van der Waals surface area (Å²) < 4.78 is 27.0. The Morgan fingerprint density at radius 2 is 2.06 bits per heavy atom. The van der Waals surface area contributed by atoms with Crippen LogP contribution in [0.3, 0.4) is 0 Å². The van der Waals surface area contributed by atoms with Gasteiger partial charge in [-0.05, 0) is 18.2 Å². The summed E-state index contributed by atoms with van der Waals surface area (Å²) in [4.78, 5) is 0. The van der Waals surface area contributed by atoms with E-state index in [4.69, 9.17) is 11.6 Å². The lowest BCUT2D eigenvalue weighted by molar-refractivity contribution is 0.0565. The molecule has 0 fully saturated rings. The fraction of sp³-hybridized carbons (Fsp3) is 0.0909. The monoisotopic (exact) mass is 268 g/mol. The number of fused-ring (bicyclic) bond motifs is 1. The van der Waals surface area contributed by atoms with E-state index >= 15 is 0 Å². The molecular formula is C11H7ClF2N4. The second kappa shape index (κ2) is 4.06. The molecule has 1 aromatic carbocycles. The van der Waals surface area contributed by atoms with Gasteiger partial charge in [0.05, 0.1) is 11.7 Å². The van der Waals surface area contributed by atoms with Crippen LogP contribution in [0, 0.1) is 0 Å². The largest absolute Gasteiger partial charge is 0.333 e. The summed E-state index contributed by atoms with van der Waals surface area (Å²) in [7, 11) is 0. The summed E-state index contributed by atoms with van der Waals surface area (Å²) in [6, 6.07) is 6.72. The summed E-state index contributed by atoms with van der Waals surface area (Å²) in [5.74, 6) is 0.340. The van der Waals surface area contributed by atoms with E-state index in [0.717, 1.165) is 10.9 Å². The van der Waals surface area contributed by atoms with Crippen molar-refractivity contribution in [1.29, 1.82) is 0 Å². The van der Waals surface area contributed by atoms with Gasteiger partial charge in [0, 0.05) is 22.7 Å². The summed E-state index contributed by atoms with van der Waals surface area (Å²) in [6.45, 7) is -2.66. The van der Waals surface area contributed by atoms with Crippen molar-refractivity contribution in [3.63, 3.8) is 0 Å². The van der Waals surface area contributed by atoms with Gasteiger partial charge in [0.25, 0.3) is 0 Å². The second-order valence-electron chi connectivity index (χ2n) is 3.69. The Kier molecular flexibility index (Phi) is 2.52. The van der Waals surface area contributed by atoms with Gasteiger partial charge in [0.1, 0.15) is 0 Å². The highest BCUT2D eigenvalue weighted by atomic mass is 35.5. The minimum atomic E-state index is -2.66. The molecule has 0 saturated carbocycles. The predicted molar refractivity (Wildman–Crippen MR) is 63.1 cm³/mol. The van der Waals surface area contributed by atoms with Gasteiger partial charge in [-0.3, -0.25) is 0 Å². The molecule has 0 amide bonds. The number of rotatable bonds is 2. The van der Waals surface area contributed by atoms with Crippen LogP contribution in [0.4, 0.5) is 8.78 Å². The highest BCUT2D eigenvalue weighted by Gasteiger charge is 2.11. The highest BCUT2D eigenvalue weighted by molar-refractivity contribution is 6.31. The molecule has 2 heterocycles. The molecule has 0 aliphatic carbocycles. The minimum Gasteiger partial charge on any atom is -0.213 e. The summed E-state index contributed by atoms with van der Waals surface area (Å²) in [6.07, 6.45) is 2.83. The molecule has 18 heavy (non-hydrogen) atoms. The van der Waals surface area contributed by atoms with E-state index in [1.54, 1.807) is 24.4 Å². The molecule has 0 saturated heterocycles. The van der Waals surface area contributed by atoms with E-state index in [-0.39, 0.29) is 0 Å². The van der Waals surface area contributed by atoms with Gasteiger partial charge < -0.3 is 0 Å². The average molecular weight is 269 g/mol. The van der Waals surface area contributed by atoms with E-state index in [9.17, 15) is 8.78 Å². The van der Waals surface area contributed by atoms with E-state index in [2.05, 4.69) is 10.2 Å². The van der Waals surface area contributed by atoms with Crippen LogP contribution in [0.15, 0.2) is 36.7 Å². The topological polar surface area (TPSA) is 35.6 Å². The third kappa shape index (κ3) is 1.74. The number of alkyl halides is 2. The van der Waals surface area contributed by atoms with Crippen molar-refractivity contribution in [3.05, 3.63) is 41.7 Å². The third-order valence-corrected chi connectivity index (χ3v) is 2.78. The first-order valence-corrected chi connectivity index (χ1v) is 5.50. The number of nitrogens with zero attached hydrogens (tertiary/aromatic N) is 4. The number of halogens is 3. The van der Waals surface area contributed by atoms with Crippen molar-refractivity contribution < 1.29 is 8.78 Å². The molecule has 0 N–H and O–H groups in total. The zero-order valence-electron chi connectivity index (χ0n) is 8.96. The van der Waals surface area contributed by atoms with Gasteiger partial charge >= 0.3 is 6.55 Å². The first-order valence-electron chi connectivity index (χ1n) is 5.12. The Bertz CT molecular complexity index is 704. The molecule has 3 aromatic rings. The lowest BCUT2D eigenvalue weighted by Gasteiger charge is -2.00. The van der Waals surface area contributed by atoms with Gasteiger partial charge in [-0.1, -0.05) is 11.6 Å². The Labute approximate surface area is 105 Å². The molecule has 0 aliphatic rings. The van der Waals surface area contributed by atoms with Crippen molar-refractivity contribution in [1.82, 2.24) is 19.6 Å². The molecular weight excluding hydrogens is 262 g/mol. The zero-order chi connectivity index (χ0) is 12.7.